The molecule has 3 aliphatic rings. The lowest BCUT2D eigenvalue weighted by molar-refractivity contribution is -0.132. The Kier molecular flexibility index (Phi) is 6.66. The molecule has 2 atom stereocenters. The molecule has 0 spiro atoms. The van der Waals surface area contributed by atoms with Gasteiger partial charge >= 0.3 is 13.2 Å². The lowest BCUT2D eigenvalue weighted by Gasteiger charge is -2.51. The third-order valence-corrected chi connectivity index (χ3v) is 8.09. The fourth-order valence-corrected chi connectivity index (χ4v) is 5.46. The van der Waals surface area contributed by atoms with Crippen molar-refractivity contribution in [3.05, 3.63) is 65.7 Å². The van der Waals surface area contributed by atoms with Crippen LogP contribution in [0.15, 0.2) is 54.6 Å². The number of hydrogen-bond donors (Lipinski definition) is 1. The van der Waals surface area contributed by atoms with Gasteiger partial charge in [0.15, 0.2) is 0 Å². The summed E-state index contributed by atoms with van der Waals surface area (Å²) in [5, 5.41) is 11.6. The summed E-state index contributed by atoms with van der Waals surface area (Å²) in [5.41, 5.74) is 1.26. The van der Waals surface area contributed by atoms with E-state index in [4.69, 9.17) is 18.8 Å². The largest absolute Gasteiger partial charge is 0.494 e. The Morgan fingerprint density at radius 1 is 0.944 bits per heavy atom. The minimum Gasteiger partial charge on any atom is -0.445 e. The van der Waals surface area contributed by atoms with E-state index in [-0.39, 0.29) is 36.0 Å². The van der Waals surface area contributed by atoms with E-state index in [1.165, 1.54) is 0 Å². The summed E-state index contributed by atoms with van der Waals surface area (Å²) in [6.45, 7) is 9.21. The lowest BCUT2D eigenvalue weighted by atomic mass is 9.76. The van der Waals surface area contributed by atoms with Crippen LogP contribution in [0.25, 0.3) is 0 Å². The molecule has 7 nitrogen and oxygen atoms in total. The first-order valence-electron chi connectivity index (χ1n) is 12.8. The van der Waals surface area contributed by atoms with Gasteiger partial charge in [0, 0.05) is 6.42 Å². The second-order valence-corrected chi connectivity index (χ2v) is 11.4. The standard InChI is InChI=1S/C28H36BNO6/c1-26(2)27(3,4)36-29(35-26)22-12-10-20(11-13-22)14-28(32)15-23-18-33-19-24(16-28)30(23)25(31)34-17-21-8-6-5-7-9-21/h5-13,23-24,32H,14-19H2,1-4H3. The molecule has 36 heavy (non-hydrogen) atoms. The Bertz CT molecular complexity index is 1040. The molecule has 1 N–H and O–H groups in total. The number of piperidine rings is 1. The molecule has 3 aliphatic heterocycles. The third kappa shape index (κ3) is 5.05. The van der Waals surface area contributed by atoms with Crippen molar-refractivity contribution in [3.8, 4) is 0 Å². The number of aliphatic hydroxyl groups is 1. The van der Waals surface area contributed by atoms with Crippen LogP contribution in [0.1, 0.15) is 51.7 Å². The van der Waals surface area contributed by atoms with Crippen LogP contribution in [0.2, 0.25) is 0 Å². The Morgan fingerprint density at radius 3 is 2.11 bits per heavy atom. The Hall–Kier alpha value is -2.39. The Morgan fingerprint density at radius 2 is 1.53 bits per heavy atom. The fraction of sp³-hybridized carbons (Fsp3) is 0.536. The maximum Gasteiger partial charge on any atom is 0.494 e. The van der Waals surface area contributed by atoms with Gasteiger partial charge in [0.2, 0.25) is 0 Å². The molecular formula is C28H36BNO6. The second-order valence-electron chi connectivity index (χ2n) is 11.4. The molecule has 2 unspecified atom stereocenters. The number of fused-ring (bicyclic) bond motifs is 2. The van der Waals surface area contributed by atoms with Crippen molar-refractivity contribution in [2.45, 2.75) is 82.5 Å². The van der Waals surface area contributed by atoms with Crippen molar-refractivity contribution in [2.75, 3.05) is 13.2 Å². The van der Waals surface area contributed by atoms with E-state index < -0.39 is 12.7 Å². The van der Waals surface area contributed by atoms with Crippen LogP contribution in [0.5, 0.6) is 0 Å². The van der Waals surface area contributed by atoms with E-state index in [2.05, 4.69) is 0 Å². The Labute approximate surface area is 213 Å². The first-order valence-corrected chi connectivity index (χ1v) is 12.8. The van der Waals surface area contributed by atoms with E-state index >= 15 is 0 Å². The van der Waals surface area contributed by atoms with Crippen molar-refractivity contribution in [2.24, 2.45) is 0 Å². The molecule has 192 valence electrons. The number of carbonyl (C=O) groups excluding carboxylic acids is 1. The van der Waals surface area contributed by atoms with Crippen LogP contribution in [0, 0.1) is 0 Å². The maximum atomic E-state index is 13.0. The highest BCUT2D eigenvalue weighted by Gasteiger charge is 2.52. The van der Waals surface area contributed by atoms with Gasteiger partial charge in [-0.25, -0.2) is 4.79 Å². The molecule has 0 saturated carbocycles. The molecule has 3 fully saturated rings. The second kappa shape index (κ2) is 9.49. The molecule has 3 saturated heterocycles. The van der Waals surface area contributed by atoms with Gasteiger partial charge in [0.25, 0.3) is 0 Å². The van der Waals surface area contributed by atoms with E-state index in [1.54, 1.807) is 4.90 Å². The molecule has 0 radical (unpaired) electrons. The summed E-state index contributed by atoms with van der Waals surface area (Å²) in [7, 11) is -0.409. The number of nitrogens with zero attached hydrogens (tertiary/aromatic N) is 1. The number of benzene rings is 2. The number of ether oxygens (including phenoxy) is 2. The molecule has 0 aliphatic carbocycles. The van der Waals surface area contributed by atoms with Gasteiger partial charge in [0.1, 0.15) is 6.61 Å². The summed E-state index contributed by atoms with van der Waals surface area (Å²) < 4.78 is 23.7. The van der Waals surface area contributed by atoms with Gasteiger partial charge in [-0.05, 0) is 57.1 Å². The first-order chi connectivity index (χ1) is 17.1. The van der Waals surface area contributed by atoms with Crippen LogP contribution < -0.4 is 5.46 Å². The number of hydrogen-bond acceptors (Lipinski definition) is 6. The minimum absolute atomic E-state index is 0.213. The zero-order valence-corrected chi connectivity index (χ0v) is 21.6. The molecule has 0 aromatic heterocycles. The van der Waals surface area contributed by atoms with E-state index in [0.717, 1.165) is 16.6 Å². The average Bonchev–Trinajstić information content (AvgIpc) is 3.04. The smallest absolute Gasteiger partial charge is 0.445 e. The van der Waals surface area contributed by atoms with Gasteiger partial charge in [-0.3, -0.25) is 4.90 Å². The molecule has 2 aromatic carbocycles. The van der Waals surface area contributed by atoms with Crippen molar-refractivity contribution in [1.82, 2.24) is 4.90 Å². The van der Waals surface area contributed by atoms with Crippen LogP contribution in [0.3, 0.4) is 0 Å². The van der Waals surface area contributed by atoms with Gasteiger partial charge in [0.05, 0.1) is 42.1 Å². The summed E-state index contributed by atoms with van der Waals surface area (Å²) in [6, 6.07) is 17.3. The highest BCUT2D eigenvalue weighted by atomic mass is 16.7. The van der Waals surface area contributed by atoms with Gasteiger partial charge in [-0.2, -0.15) is 0 Å². The maximum absolute atomic E-state index is 13.0. The minimum atomic E-state index is -0.915. The molecule has 3 heterocycles. The monoisotopic (exact) mass is 493 g/mol. The van der Waals surface area contributed by atoms with E-state index in [0.29, 0.717) is 32.5 Å². The van der Waals surface area contributed by atoms with Crippen LogP contribution >= 0.6 is 0 Å². The molecule has 2 aromatic rings. The predicted octanol–water partition coefficient (Wildman–Crippen LogP) is 3.46. The fourth-order valence-electron chi connectivity index (χ4n) is 5.46. The predicted molar refractivity (Wildman–Crippen MR) is 137 cm³/mol. The molecule has 5 rings (SSSR count). The summed E-state index contributed by atoms with van der Waals surface area (Å²) in [6.07, 6.45) is 1.06. The van der Waals surface area contributed by atoms with Crippen LogP contribution in [-0.4, -0.2) is 65.3 Å². The van der Waals surface area contributed by atoms with Crippen LogP contribution in [-0.2, 0) is 31.8 Å². The van der Waals surface area contributed by atoms with Gasteiger partial charge < -0.3 is 23.9 Å². The molecule has 8 heteroatoms. The highest BCUT2D eigenvalue weighted by Crippen LogP contribution is 2.38. The lowest BCUT2D eigenvalue weighted by Crippen LogP contribution is -2.64. The molecule has 1 amide bonds. The number of amides is 1. The zero-order chi connectivity index (χ0) is 25.6. The number of rotatable bonds is 5. The summed E-state index contributed by atoms with van der Waals surface area (Å²) in [5.74, 6) is 0. The van der Waals surface area contributed by atoms with Crippen molar-refractivity contribution in [3.63, 3.8) is 0 Å². The number of carbonyl (C=O) groups is 1. The summed E-state index contributed by atoms with van der Waals surface area (Å²) >= 11 is 0. The zero-order valence-electron chi connectivity index (χ0n) is 21.6. The van der Waals surface area contributed by atoms with Gasteiger partial charge in [-0.15, -0.1) is 0 Å². The average molecular weight is 493 g/mol. The van der Waals surface area contributed by atoms with E-state index in [9.17, 15) is 9.90 Å². The quantitative estimate of drug-likeness (QED) is 0.643. The summed E-state index contributed by atoms with van der Waals surface area (Å²) in [4.78, 5) is 14.7. The highest BCUT2D eigenvalue weighted by molar-refractivity contribution is 6.62. The Balaban J connectivity index is 1.22. The number of morpholine rings is 1. The third-order valence-electron chi connectivity index (χ3n) is 8.09. The SMILES string of the molecule is CC1(C)OB(c2ccc(CC3(O)CC4COCC(C3)N4C(=O)OCc3ccccc3)cc2)OC1(C)C. The molecule has 2 bridgehead atoms. The topological polar surface area (TPSA) is 77.5 Å². The van der Waals surface area contributed by atoms with Crippen molar-refractivity contribution < 1.29 is 28.7 Å². The molecular weight excluding hydrogens is 457 g/mol. The van der Waals surface area contributed by atoms with Crippen molar-refractivity contribution in [1.29, 1.82) is 0 Å². The van der Waals surface area contributed by atoms with E-state index in [1.807, 2.05) is 82.3 Å². The normalized spacial score (nSPS) is 28.7. The van der Waals surface area contributed by atoms with Gasteiger partial charge in [-0.1, -0.05) is 54.6 Å². The van der Waals surface area contributed by atoms with Crippen molar-refractivity contribution >= 4 is 18.7 Å². The first kappa shape index (κ1) is 25.3. The van der Waals surface area contributed by atoms with Crippen LogP contribution in [0.4, 0.5) is 4.79 Å².